The molecular formula is C13H13BrINS. The van der Waals surface area contributed by atoms with E-state index >= 15 is 0 Å². The van der Waals surface area contributed by atoms with E-state index in [1.54, 1.807) is 11.3 Å². The zero-order valence-corrected chi connectivity index (χ0v) is 14.2. The summed E-state index contributed by atoms with van der Waals surface area (Å²) in [6.45, 7) is 4.32. The molecule has 2 rings (SSSR count). The second-order valence-electron chi connectivity index (χ2n) is 3.97. The van der Waals surface area contributed by atoms with Gasteiger partial charge in [-0.25, -0.2) is 0 Å². The van der Waals surface area contributed by atoms with Crippen molar-refractivity contribution >= 4 is 55.5 Å². The molecule has 1 unspecified atom stereocenters. The highest BCUT2D eigenvalue weighted by molar-refractivity contribution is 14.1. The molecule has 90 valence electrons. The summed E-state index contributed by atoms with van der Waals surface area (Å²) in [6.07, 6.45) is 0. The van der Waals surface area contributed by atoms with Gasteiger partial charge in [0.2, 0.25) is 0 Å². The van der Waals surface area contributed by atoms with Crippen LogP contribution < -0.4 is 5.32 Å². The van der Waals surface area contributed by atoms with Crippen molar-refractivity contribution in [3.05, 3.63) is 48.1 Å². The standard InChI is InChI=1S/C13H13BrINS/c1-8-3-4-10(7-11(8)15)16-9(2)12-5-6-13(14)17-12/h3-7,9,16H,1-2H3. The number of halogens is 2. The molecule has 0 radical (unpaired) electrons. The largest absolute Gasteiger partial charge is 0.378 e. The van der Waals surface area contributed by atoms with Gasteiger partial charge in [-0.3, -0.25) is 0 Å². The molecule has 1 nitrogen and oxygen atoms in total. The van der Waals surface area contributed by atoms with E-state index in [9.17, 15) is 0 Å². The van der Waals surface area contributed by atoms with Crippen molar-refractivity contribution in [2.24, 2.45) is 0 Å². The van der Waals surface area contributed by atoms with Gasteiger partial charge in [0.1, 0.15) is 0 Å². The summed E-state index contributed by atoms with van der Waals surface area (Å²) < 4.78 is 2.48. The van der Waals surface area contributed by atoms with Crippen molar-refractivity contribution in [1.29, 1.82) is 0 Å². The summed E-state index contributed by atoms with van der Waals surface area (Å²) >= 11 is 7.64. The number of hydrogen-bond acceptors (Lipinski definition) is 2. The van der Waals surface area contributed by atoms with Gasteiger partial charge in [0.05, 0.1) is 9.83 Å². The van der Waals surface area contributed by atoms with Gasteiger partial charge in [-0.15, -0.1) is 11.3 Å². The third kappa shape index (κ3) is 3.45. The molecule has 1 aromatic carbocycles. The quantitative estimate of drug-likeness (QED) is 0.636. The zero-order chi connectivity index (χ0) is 12.4. The highest BCUT2D eigenvalue weighted by Crippen LogP contribution is 2.29. The molecule has 1 heterocycles. The predicted octanol–water partition coefficient (Wildman–Crippen LogP) is 5.60. The average Bonchev–Trinajstić information content (AvgIpc) is 2.70. The number of aryl methyl sites for hydroxylation is 1. The fourth-order valence-corrected chi connectivity index (χ4v) is 3.51. The van der Waals surface area contributed by atoms with E-state index in [0.717, 1.165) is 0 Å². The smallest absolute Gasteiger partial charge is 0.0702 e. The Morgan fingerprint density at radius 1 is 1.29 bits per heavy atom. The van der Waals surface area contributed by atoms with Crippen molar-refractivity contribution < 1.29 is 0 Å². The van der Waals surface area contributed by atoms with E-state index in [4.69, 9.17) is 0 Å². The van der Waals surface area contributed by atoms with Gasteiger partial charge in [0.25, 0.3) is 0 Å². The molecule has 0 spiro atoms. The normalized spacial score (nSPS) is 12.5. The average molecular weight is 422 g/mol. The van der Waals surface area contributed by atoms with E-state index < -0.39 is 0 Å². The Hall–Kier alpha value is -0.0700. The van der Waals surface area contributed by atoms with Crippen molar-refractivity contribution in [1.82, 2.24) is 0 Å². The maximum Gasteiger partial charge on any atom is 0.0702 e. The van der Waals surface area contributed by atoms with Gasteiger partial charge in [0, 0.05) is 14.1 Å². The second kappa shape index (κ2) is 5.71. The Kier molecular flexibility index (Phi) is 4.49. The first-order valence-electron chi connectivity index (χ1n) is 5.34. The van der Waals surface area contributed by atoms with E-state index in [1.807, 2.05) is 0 Å². The molecule has 1 aromatic heterocycles. The molecular weight excluding hydrogens is 409 g/mol. The molecule has 4 heteroatoms. The molecule has 17 heavy (non-hydrogen) atoms. The number of anilines is 1. The van der Waals surface area contributed by atoms with Crippen molar-refractivity contribution in [3.8, 4) is 0 Å². The van der Waals surface area contributed by atoms with Crippen LogP contribution in [0.25, 0.3) is 0 Å². The van der Waals surface area contributed by atoms with Gasteiger partial charge >= 0.3 is 0 Å². The molecule has 0 saturated carbocycles. The maximum absolute atomic E-state index is 3.52. The number of nitrogens with one attached hydrogen (secondary N) is 1. The van der Waals surface area contributed by atoms with Crippen LogP contribution >= 0.6 is 49.9 Å². The van der Waals surface area contributed by atoms with Gasteiger partial charge < -0.3 is 5.32 Å². The first kappa shape index (κ1) is 13.4. The lowest BCUT2D eigenvalue weighted by atomic mass is 10.2. The Balaban J connectivity index is 2.12. The number of hydrogen-bond donors (Lipinski definition) is 1. The molecule has 1 N–H and O–H groups in total. The van der Waals surface area contributed by atoms with Crippen LogP contribution in [0.1, 0.15) is 23.4 Å². The fraction of sp³-hybridized carbons (Fsp3) is 0.231. The second-order valence-corrected chi connectivity index (χ2v) is 7.63. The molecule has 0 aliphatic carbocycles. The highest BCUT2D eigenvalue weighted by Gasteiger charge is 2.08. The van der Waals surface area contributed by atoms with Crippen molar-refractivity contribution in [2.45, 2.75) is 19.9 Å². The zero-order valence-electron chi connectivity index (χ0n) is 9.63. The Labute approximate surface area is 128 Å². The summed E-state index contributed by atoms with van der Waals surface area (Å²) in [5.74, 6) is 0. The van der Waals surface area contributed by atoms with Crippen molar-refractivity contribution in [2.75, 3.05) is 5.32 Å². The van der Waals surface area contributed by atoms with Crippen LogP contribution in [0.15, 0.2) is 34.1 Å². The van der Waals surface area contributed by atoms with Crippen LogP contribution in [0.4, 0.5) is 5.69 Å². The van der Waals surface area contributed by atoms with Crippen LogP contribution in [-0.4, -0.2) is 0 Å². The summed E-state index contributed by atoms with van der Waals surface area (Å²) in [5, 5.41) is 3.52. The number of benzene rings is 1. The van der Waals surface area contributed by atoms with Gasteiger partial charge in [-0.05, 0) is 82.2 Å². The third-order valence-electron chi connectivity index (χ3n) is 2.58. The molecule has 0 fully saturated rings. The van der Waals surface area contributed by atoms with Crippen LogP contribution in [0.5, 0.6) is 0 Å². The Morgan fingerprint density at radius 3 is 2.65 bits per heavy atom. The topological polar surface area (TPSA) is 12.0 Å². The maximum atomic E-state index is 3.52. The molecule has 0 aliphatic heterocycles. The molecule has 0 aliphatic rings. The predicted molar refractivity (Wildman–Crippen MR) is 88.0 cm³/mol. The van der Waals surface area contributed by atoms with E-state index in [2.05, 4.69) is 88.0 Å². The lowest BCUT2D eigenvalue weighted by Crippen LogP contribution is -2.04. The van der Waals surface area contributed by atoms with E-state index in [1.165, 1.54) is 23.5 Å². The molecule has 0 saturated heterocycles. The fourth-order valence-electron chi connectivity index (χ4n) is 1.56. The number of rotatable bonds is 3. The monoisotopic (exact) mass is 421 g/mol. The van der Waals surface area contributed by atoms with Crippen LogP contribution in [-0.2, 0) is 0 Å². The minimum Gasteiger partial charge on any atom is -0.378 e. The molecule has 0 bridgehead atoms. The highest BCUT2D eigenvalue weighted by atomic mass is 127. The SMILES string of the molecule is Cc1ccc(NC(C)c2ccc(Br)s2)cc1I. The van der Waals surface area contributed by atoms with Crippen LogP contribution in [0.2, 0.25) is 0 Å². The van der Waals surface area contributed by atoms with Gasteiger partial charge in [-0.2, -0.15) is 0 Å². The summed E-state index contributed by atoms with van der Waals surface area (Å²) in [4.78, 5) is 1.34. The molecule has 1 atom stereocenters. The van der Waals surface area contributed by atoms with E-state index in [-0.39, 0.29) is 0 Å². The first-order chi connectivity index (χ1) is 8.06. The minimum atomic E-state index is 0.338. The van der Waals surface area contributed by atoms with Crippen molar-refractivity contribution in [3.63, 3.8) is 0 Å². The van der Waals surface area contributed by atoms with Crippen LogP contribution in [0.3, 0.4) is 0 Å². The summed E-state index contributed by atoms with van der Waals surface area (Å²) in [7, 11) is 0. The number of thiophene rings is 1. The molecule has 2 aromatic rings. The minimum absolute atomic E-state index is 0.338. The molecule has 0 amide bonds. The Morgan fingerprint density at radius 2 is 2.06 bits per heavy atom. The summed E-state index contributed by atoms with van der Waals surface area (Å²) in [5.41, 5.74) is 2.50. The van der Waals surface area contributed by atoms with E-state index in [0.29, 0.717) is 6.04 Å². The van der Waals surface area contributed by atoms with Gasteiger partial charge in [0.15, 0.2) is 0 Å². The third-order valence-corrected chi connectivity index (χ3v) is 5.54. The summed E-state index contributed by atoms with van der Waals surface area (Å²) in [6, 6.07) is 11.1. The lowest BCUT2D eigenvalue weighted by Gasteiger charge is -2.14. The van der Waals surface area contributed by atoms with Gasteiger partial charge in [-0.1, -0.05) is 6.07 Å². The first-order valence-corrected chi connectivity index (χ1v) is 8.03. The van der Waals surface area contributed by atoms with Crippen LogP contribution in [0, 0.1) is 10.5 Å². The lowest BCUT2D eigenvalue weighted by molar-refractivity contribution is 0.908. The Bertz CT molecular complexity index is 524.